The fourth-order valence-electron chi connectivity index (χ4n) is 1.69. The standard InChI is InChI=1S/C13H17NO2S/c1-9-10(2)17-13(14-9)8-11(15)5-6-12-4-3-7-16-12/h3-4,7,11,15H,5-6,8H2,1-2H3. The van der Waals surface area contributed by atoms with E-state index in [2.05, 4.69) is 11.9 Å². The van der Waals surface area contributed by atoms with Gasteiger partial charge in [-0.2, -0.15) is 0 Å². The van der Waals surface area contributed by atoms with Crippen LogP contribution in [0.15, 0.2) is 22.8 Å². The molecule has 0 radical (unpaired) electrons. The van der Waals surface area contributed by atoms with Crippen LogP contribution in [0.25, 0.3) is 0 Å². The lowest BCUT2D eigenvalue weighted by Crippen LogP contribution is -2.11. The van der Waals surface area contributed by atoms with E-state index in [1.165, 1.54) is 4.88 Å². The van der Waals surface area contributed by atoms with Gasteiger partial charge < -0.3 is 9.52 Å². The largest absolute Gasteiger partial charge is 0.469 e. The summed E-state index contributed by atoms with van der Waals surface area (Å²) in [6.45, 7) is 4.07. The average molecular weight is 251 g/mol. The molecule has 0 saturated heterocycles. The lowest BCUT2D eigenvalue weighted by Gasteiger charge is -2.06. The van der Waals surface area contributed by atoms with Gasteiger partial charge in [0.2, 0.25) is 0 Å². The molecular weight excluding hydrogens is 234 g/mol. The molecule has 0 aromatic carbocycles. The normalized spacial score (nSPS) is 12.9. The zero-order chi connectivity index (χ0) is 12.3. The molecule has 0 spiro atoms. The molecule has 1 N–H and O–H groups in total. The molecule has 0 bridgehead atoms. The average Bonchev–Trinajstić information content (AvgIpc) is 2.87. The Hall–Kier alpha value is -1.13. The van der Waals surface area contributed by atoms with E-state index in [1.54, 1.807) is 17.6 Å². The second-order valence-corrected chi connectivity index (χ2v) is 5.51. The zero-order valence-electron chi connectivity index (χ0n) is 10.1. The van der Waals surface area contributed by atoms with Crippen molar-refractivity contribution in [3.05, 3.63) is 39.7 Å². The number of thiazole rings is 1. The molecule has 0 aliphatic carbocycles. The van der Waals surface area contributed by atoms with Crippen molar-refractivity contribution in [3.8, 4) is 0 Å². The molecule has 0 aliphatic rings. The minimum Gasteiger partial charge on any atom is -0.469 e. The van der Waals surface area contributed by atoms with Crippen LogP contribution >= 0.6 is 11.3 Å². The van der Waals surface area contributed by atoms with E-state index in [4.69, 9.17) is 4.42 Å². The Morgan fingerprint density at radius 3 is 2.88 bits per heavy atom. The van der Waals surface area contributed by atoms with Gasteiger partial charge in [0.1, 0.15) is 5.76 Å². The maximum atomic E-state index is 9.93. The molecule has 0 amide bonds. The Balaban J connectivity index is 1.82. The number of hydrogen-bond acceptors (Lipinski definition) is 4. The van der Waals surface area contributed by atoms with Crippen LogP contribution in [0, 0.1) is 13.8 Å². The predicted octanol–water partition coefficient (Wildman–Crippen LogP) is 2.89. The Morgan fingerprint density at radius 2 is 2.29 bits per heavy atom. The summed E-state index contributed by atoms with van der Waals surface area (Å²) in [5.74, 6) is 0.926. The smallest absolute Gasteiger partial charge is 0.103 e. The zero-order valence-corrected chi connectivity index (χ0v) is 11.0. The van der Waals surface area contributed by atoms with Crippen LogP contribution in [0.4, 0.5) is 0 Å². The maximum absolute atomic E-state index is 9.93. The Bertz CT molecular complexity index is 442. The van der Waals surface area contributed by atoms with Crippen LogP contribution in [0.1, 0.15) is 27.8 Å². The second-order valence-electron chi connectivity index (χ2n) is 4.23. The van der Waals surface area contributed by atoms with Gasteiger partial charge in [0.15, 0.2) is 0 Å². The summed E-state index contributed by atoms with van der Waals surface area (Å²) >= 11 is 1.67. The predicted molar refractivity (Wildman–Crippen MR) is 68.3 cm³/mol. The summed E-state index contributed by atoms with van der Waals surface area (Å²) in [7, 11) is 0. The topological polar surface area (TPSA) is 46.3 Å². The number of aliphatic hydroxyl groups is 1. The quantitative estimate of drug-likeness (QED) is 0.888. The monoisotopic (exact) mass is 251 g/mol. The molecule has 0 aliphatic heterocycles. The van der Waals surface area contributed by atoms with Gasteiger partial charge in [-0.3, -0.25) is 0 Å². The number of aromatic nitrogens is 1. The van der Waals surface area contributed by atoms with E-state index >= 15 is 0 Å². The molecule has 1 unspecified atom stereocenters. The summed E-state index contributed by atoms with van der Waals surface area (Å²) in [6.07, 6.45) is 3.45. The van der Waals surface area contributed by atoms with Crippen molar-refractivity contribution in [1.29, 1.82) is 0 Å². The first-order chi connectivity index (χ1) is 8.15. The Labute approximate surface area is 105 Å². The molecule has 4 heteroatoms. The van der Waals surface area contributed by atoms with Crippen molar-refractivity contribution in [2.24, 2.45) is 0 Å². The van der Waals surface area contributed by atoms with E-state index in [0.29, 0.717) is 12.8 Å². The SMILES string of the molecule is Cc1nc(CC(O)CCc2ccco2)sc1C. The molecular formula is C13H17NO2S. The number of aryl methyl sites for hydroxylation is 3. The molecule has 17 heavy (non-hydrogen) atoms. The van der Waals surface area contributed by atoms with Gasteiger partial charge in [-0.25, -0.2) is 4.98 Å². The van der Waals surface area contributed by atoms with Gasteiger partial charge >= 0.3 is 0 Å². The number of rotatable bonds is 5. The van der Waals surface area contributed by atoms with Crippen LogP contribution in [-0.2, 0) is 12.8 Å². The summed E-state index contributed by atoms with van der Waals surface area (Å²) in [4.78, 5) is 5.66. The molecule has 2 rings (SSSR count). The van der Waals surface area contributed by atoms with E-state index in [1.807, 2.05) is 19.1 Å². The minimum atomic E-state index is -0.343. The van der Waals surface area contributed by atoms with Crippen molar-refractivity contribution < 1.29 is 9.52 Å². The highest BCUT2D eigenvalue weighted by atomic mass is 32.1. The Morgan fingerprint density at radius 1 is 1.47 bits per heavy atom. The van der Waals surface area contributed by atoms with E-state index < -0.39 is 0 Å². The molecule has 3 nitrogen and oxygen atoms in total. The minimum absolute atomic E-state index is 0.343. The van der Waals surface area contributed by atoms with Gasteiger partial charge in [-0.15, -0.1) is 11.3 Å². The van der Waals surface area contributed by atoms with Crippen LogP contribution in [0.5, 0.6) is 0 Å². The lowest BCUT2D eigenvalue weighted by molar-refractivity contribution is 0.163. The molecule has 2 aromatic heterocycles. The highest BCUT2D eigenvalue weighted by Crippen LogP contribution is 2.19. The highest BCUT2D eigenvalue weighted by molar-refractivity contribution is 7.11. The number of aliphatic hydroxyl groups excluding tert-OH is 1. The third-order valence-corrected chi connectivity index (χ3v) is 3.88. The van der Waals surface area contributed by atoms with Gasteiger partial charge in [0, 0.05) is 17.7 Å². The molecule has 2 aromatic rings. The molecule has 92 valence electrons. The maximum Gasteiger partial charge on any atom is 0.103 e. The first-order valence-corrected chi connectivity index (χ1v) is 6.60. The fraction of sp³-hybridized carbons (Fsp3) is 0.462. The summed E-state index contributed by atoms with van der Waals surface area (Å²) in [5, 5.41) is 10.9. The summed E-state index contributed by atoms with van der Waals surface area (Å²) in [6, 6.07) is 3.81. The second kappa shape index (κ2) is 5.47. The highest BCUT2D eigenvalue weighted by Gasteiger charge is 2.11. The molecule has 1 atom stereocenters. The number of hydrogen-bond donors (Lipinski definition) is 1. The third-order valence-electron chi connectivity index (χ3n) is 2.79. The lowest BCUT2D eigenvalue weighted by atomic mass is 10.1. The van der Waals surface area contributed by atoms with Crippen LogP contribution in [0.2, 0.25) is 0 Å². The van der Waals surface area contributed by atoms with Gasteiger partial charge in [-0.05, 0) is 32.4 Å². The van der Waals surface area contributed by atoms with E-state index in [9.17, 15) is 5.11 Å². The first kappa shape index (κ1) is 12.3. The van der Waals surface area contributed by atoms with Crippen LogP contribution in [0.3, 0.4) is 0 Å². The van der Waals surface area contributed by atoms with Crippen LogP contribution in [-0.4, -0.2) is 16.2 Å². The van der Waals surface area contributed by atoms with E-state index in [0.717, 1.165) is 22.9 Å². The number of nitrogens with zero attached hydrogens (tertiary/aromatic N) is 1. The van der Waals surface area contributed by atoms with Crippen molar-refractivity contribution in [2.45, 2.75) is 39.2 Å². The first-order valence-electron chi connectivity index (χ1n) is 5.78. The Kier molecular flexibility index (Phi) is 3.97. The van der Waals surface area contributed by atoms with E-state index in [-0.39, 0.29) is 6.10 Å². The van der Waals surface area contributed by atoms with Gasteiger partial charge in [-0.1, -0.05) is 0 Å². The van der Waals surface area contributed by atoms with Crippen molar-refractivity contribution in [1.82, 2.24) is 4.98 Å². The van der Waals surface area contributed by atoms with Crippen molar-refractivity contribution in [3.63, 3.8) is 0 Å². The van der Waals surface area contributed by atoms with Crippen molar-refractivity contribution in [2.75, 3.05) is 0 Å². The molecule has 2 heterocycles. The van der Waals surface area contributed by atoms with Gasteiger partial charge in [0.05, 0.1) is 23.1 Å². The van der Waals surface area contributed by atoms with Crippen molar-refractivity contribution >= 4 is 11.3 Å². The third kappa shape index (κ3) is 3.41. The molecule has 0 fully saturated rings. The fourth-order valence-corrected chi connectivity index (χ4v) is 2.70. The van der Waals surface area contributed by atoms with Gasteiger partial charge in [0.25, 0.3) is 0 Å². The number of furan rings is 1. The van der Waals surface area contributed by atoms with Crippen LogP contribution < -0.4 is 0 Å². The molecule has 0 saturated carbocycles. The summed E-state index contributed by atoms with van der Waals surface area (Å²) in [5.41, 5.74) is 1.07. The summed E-state index contributed by atoms with van der Waals surface area (Å²) < 4.78 is 5.23.